The number of aryl methyl sites for hydroxylation is 2. The average molecular weight is 460 g/mol. The Morgan fingerprint density at radius 3 is 2.61 bits per heavy atom. The number of nitrogens with one attached hydrogen (secondary N) is 3. The van der Waals surface area contributed by atoms with Crippen molar-refractivity contribution in [1.82, 2.24) is 10.3 Å². The van der Waals surface area contributed by atoms with Gasteiger partial charge < -0.3 is 25.5 Å². The number of anilines is 1. The van der Waals surface area contributed by atoms with Crippen LogP contribution in [0.2, 0.25) is 0 Å². The van der Waals surface area contributed by atoms with Crippen molar-refractivity contribution in [1.29, 1.82) is 0 Å². The van der Waals surface area contributed by atoms with Crippen molar-refractivity contribution in [2.24, 2.45) is 0 Å². The monoisotopic (exact) mass is 459 g/mol. The number of ether oxygens (including phenoxy) is 1. The van der Waals surface area contributed by atoms with E-state index < -0.39 is 12.1 Å². The van der Waals surface area contributed by atoms with Crippen molar-refractivity contribution in [2.45, 2.75) is 45.6 Å². The maximum absolute atomic E-state index is 12.7. The third kappa shape index (κ3) is 9.17. The first-order chi connectivity index (χ1) is 15.6. The number of terminal acetylenes is 1. The van der Waals surface area contributed by atoms with Crippen LogP contribution in [0.1, 0.15) is 41.8 Å². The van der Waals surface area contributed by atoms with Crippen LogP contribution in [-0.4, -0.2) is 48.1 Å². The van der Waals surface area contributed by atoms with Crippen molar-refractivity contribution < 1.29 is 28.6 Å². The van der Waals surface area contributed by atoms with Crippen LogP contribution in [0, 0.1) is 32.0 Å². The Balaban J connectivity index is 0.000000249. The highest BCUT2D eigenvalue weighted by Crippen LogP contribution is 2.32. The third-order valence-electron chi connectivity index (χ3n) is 4.83. The molecule has 2 aromatic rings. The highest BCUT2D eigenvalue weighted by atomic mass is 19.1. The molecule has 3 rings (SSSR count). The lowest BCUT2D eigenvalue weighted by Gasteiger charge is -2.10. The largest absolute Gasteiger partial charge is 0.481 e. The molecule has 8 nitrogen and oxygen atoms in total. The number of rotatable bonds is 7. The van der Waals surface area contributed by atoms with Gasteiger partial charge in [-0.3, -0.25) is 14.4 Å². The minimum atomic E-state index is -0.940. The molecular weight excluding hydrogens is 429 g/mol. The zero-order valence-electron chi connectivity index (χ0n) is 19.2. The third-order valence-corrected chi connectivity index (χ3v) is 4.83. The SMILES string of the molecule is C#CCc1[nH]c(C)cc1C.CC1C(=O)Nc2ccc(F)cc21.COC(CNC=O)CC(=O)O. The Morgan fingerprint density at radius 2 is 2.09 bits per heavy atom. The topological polar surface area (TPSA) is 121 Å². The van der Waals surface area contributed by atoms with Gasteiger partial charge in [0.25, 0.3) is 0 Å². The van der Waals surface area contributed by atoms with Gasteiger partial charge >= 0.3 is 5.97 Å². The van der Waals surface area contributed by atoms with Gasteiger partial charge in [0.1, 0.15) is 5.82 Å². The molecule has 2 heterocycles. The summed E-state index contributed by atoms with van der Waals surface area (Å²) in [5.41, 5.74) is 5.09. The second-order valence-corrected chi connectivity index (χ2v) is 7.42. The van der Waals surface area contributed by atoms with Crippen LogP contribution in [0.5, 0.6) is 0 Å². The van der Waals surface area contributed by atoms with E-state index in [1.807, 2.05) is 6.92 Å². The lowest BCUT2D eigenvalue weighted by atomic mass is 10.0. The van der Waals surface area contributed by atoms with E-state index in [1.54, 1.807) is 13.0 Å². The van der Waals surface area contributed by atoms with Gasteiger partial charge in [-0.15, -0.1) is 12.3 Å². The fourth-order valence-electron chi connectivity index (χ4n) is 3.07. The molecule has 1 aromatic heterocycles. The van der Waals surface area contributed by atoms with Gasteiger partial charge in [0.2, 0.25) is 12.3 Å². The Morgan fingerprint density at radius 1 is 1.39 bits per heavy atom. The number of carbonyl (C=O) groups excluding carboxylic acids is 2. The molecule has 2 unspecified atom stereocenters. The molecule has 2 amide bonds. The number of halogens is 1. The van der Waals surface area contributed by atoms with Gasteiger partial charge in [0.15, 0.2) is 0 Å². The van der Waals surface area contributed by atoms with Crippen molar-refractivity contribution in [2.75, 3.05) is 19.0 Å². The summed E-state index contributed by atoms with van der Waals surface area (Å²) < 4.78 is 17.5. The molecular formula is C24H30FN3O5. The van der Waals surface area contributed by atoms with E-state index in [2.05, 4.69) is 34.5 Å². The van der Waals surface area contributed by atoms with E-state index in [1.165, 1.54) is 36.2 Å². The Kier molecular flexibility index (Phi) is 11.4. The fraction of sp³-hybridized carbons (Fsp3) is 0.375. The number of fused-ring (bicyclic) bond motifs is 1. The first-order valence-electron chi connectivity index (χ1n) is 10.2. The number of amides is 2. The molecule has 0 saturated heterocycles. The Hall–Kier alpha value is -3.64. The van der Waals surface area contributed by atoms with Crippen LogP contribution in [0.15, 0.2) is 24.3 Å². The molecule has 2 atom stereocenters. The van der Waals surface area contributed by atoms with Gasteiger partial charge in [-0.25, -0.2) is 4.39 Å². The first-order valence-corrected chi connectivity index (χ1v) is 10.2. The van der Waals surface area contributed by atoms with E-state index in [0.717, 1.165) is 11.3 Å². The van der Waals surface area contributed by atoms with Gasteiger partial charge in [-0.05, 0) is 56.2 Å². The predicted molar refractivity (Wildman–Crippen MR) is 123 cm³/mol. The minimum Gasteiger partial charge on any atom is -0.481 e. The van der Waals surface area contributed by atoms with Crippen LogP contribution in [-0.2, 0) is 25.5 Å². The van der Waals surface area contributed by atoms with Crippen molar-refractivity contribution in [3.05, 3.63) is 52.6 Å². The summed E-state index contributed by atoms with van der Waals surface area (Å²) in [6.07, 6.45) is 5.84. The summed E-state index contributed by atoms with van der Waals surface area (Å²) >= 11 is 0. The normalized spacial score (nSPS) is 14.3. The summed E-state index contributed by atoms with van der Waals surface area (Å²) in [6.45, 7) is 6.09. The zero-order valence-corrected chi connectivity index (χ0v) is 19.2. The molecule has 1 aliphatic rings. The summed E-state index contributed by atoms with van der Waals surface area (Å²) in [4.78, 5) is 34.2. The number of hydrogen-bond acceptors (Lipinski definition) is 4. The van der Waals surface area contributed by atoms with E-state index in [-0.39, 0.29) is 30.6 Å². The second-order valence-electron chi connectivity index (χ2n) is 7.42. The van der Waals surface area contributed by atoms with Crippen molar-refractivity contribution in [3.63, 3.8) is 0 Å². The molecule has 33 heavy (non-hydrogen) atoms. The first kappa shape index (κ1) is 27.4. The zero-order chi connectivity index (χ0) is 25.0. The van der Waals surface area contributed by atoms with Gasteiger partial charge in [-0.2, -0.15) is 0 Å². The molecule has 4 N–H and O–H groups in total. The van der Waals surface area contributed by atoms with Gasteiger partial charge in [0.05, 0.1) is 18.4 Å². The second kappa shape index (κ2) is 13.7. The number of hydrogen-bond donors (Lipinski definition) is 4. The van der Waals surface area contributed by atoms with E-state index in [0.29, 0.717) is 12.8 Å². The van der Waals surface area contributed by atoms with Crippen LogP contribution in [0.3, 0.4) is 0 Å². The van der Waals surface area contributed by atoms with E-state index in [9.17, 15) is 18.8 Å². The van der Waals surface area contributed by atoms with Crippen LogP contribution in [0.25, 0.3) is 0 Å². The maximum atomic E-state index is 12.7. The van der Waals surface area contributed by atoms with Crippen LogP contribution < -0.4 is 10.6 Å². The Bertz CT molecular complexity index is 996. The lowest BCUT2D eigenvalue weighted by molar-refractivity contribution is -0.139. The number of carboxylic acids is 1. The van der Waals surface area contributed by atoms with E-state index in [4.69, 9.17) is 16.3 Å². The summed E-state index contributed by atoms with van der Waals surface area (Å²) in [7, 11) is 1.40. The molecule has 0 spiro atoms. The summed E-state index contributed by atoms with van der Waals surface area (Å²) in [5.74, 6) is 1.09. The molecule has 9 heteroatoms. The average Bonchev–Trinajstić information content (AvgIpc) is 3.23. The molecule has 1 aromatic carbocycles. The molecule has 0 aliphatic carbocycles. The minimum absolute atomic E-state index is 0.0596. The molecule has 178 valence electrons. The molecule has 0 fully saturated rings. The van der Waals surface area contributed by atoms with E-state index >= 15 is 0 Å². The van der Waals surface area contributed by atoms with Crippen LogP contribution >= 0.6 is 0 Å². The maximum Gasteiger partial charge on any atom is 0.306 e. The number of aliphatic carboxylic acids is 1. The highest BCUT2D eigenvalue weighted by Gasteiger charge is 2.26. The Labute approximate surface area is 192 Å². The number of carbonyl (C=O) groups is 3. The number of aromatic nitrogens is 1. The quantitative estimate of drug-likeness (QED) is 0.375. The summed E-state index contributed by atoms with van der Waals surface area (Å²) in [5, 5.41) is 13.3. The fourth-order valence-corrected chi connectivity index (χ4v) is 3.07. The van der Waals surface area contributed by atoms with Crippen molar-refractivity contribution >= 4 is 24.0 Å². The molecule has 0 bridgehead atoms. The van der Waals surface area contributed by atoms with Gasteiger partial charge in [-0.1, -0.05) is 0 Å². The molecule has 1 aliphatic heterocycles. The number of aromatic amines is 1. The smallest absolute Gasteiger partial charge is 0.306 e. The molecule has 0 radical (unpaired) electrons. The number of carboxylic acid groups (broad SMARTS) is 1. The molecule has 0 saturated carbocycles. The standard InChI is InChI=1S/C9H8FNO.C9H11N.C6H11NO4/c1-5-7-4-6(10)2-3-8(7)11-9(5)12;1-4-5-9-7(2)6-8(3)10-9;1-11-5(2-6(9)10)3-7-4-8/h2-5H,1H3,(H,11,12);1,6,10H,5H2,2-3H3;4-5H,2-3H2,1H3,(H,7,8)(H,9,10). The van der Waals surface area contributed by atoms with Crippen molar-refractivity contribution in [3.8, 4) is 12.3 Å². The number of benzene rings is 1. The van der Waals surface area contributed by atoms with Gasteiger partial charge in [0, 0.05) is 37.2 Å². The van der Waals surface area contributed by atoms with Crippen LogP contribution in [0.4, 0.5) is 10.1 Å². The number of methoxy groups -OCH3 is 1. The highest BCUT2D eigenvalue weighted by molar-refractivity contribution is 6.02. The number of H-pyrrole nitrogens is 1. The summed E-state index contributed by atoms with van der Waals surface area (Å²) in [6, 6.07) is 6.44. The predicted octanol–water partition coefficient (Wildman–Crippen LogP) is 2.91. The lowest BCUT2D eigenvalue weighted by Crippen LogP contribution is -2.29.